The highest BCUT2D eigenvalue weighted by Gasteiger charge is 2.65. The molecule has 5 nitrogen and oxygen atoms in total. The minimum absolute atomic E-state index is 0.0906. The van der Waals surface area contributed by atoms with Gasteiger partial charge in [0, 0.05) is 35.7 Å². The average molecular weight is 356 g/mol. The van der Waals surface area contributed by atoms with Gasteiger partial charge in [0.25, 0.3) is 0 Å². The Balaban J connectivity index is 1.71. The Morgan fingerprint density at radius 2 is 2.00 bits per heavy atom. The number of nitrogens with zero attached hydrogens (tertiary/aromatic N) is 1. The lowest BCUT2D eigenvalue weighted by Crippen LogP contribution is -2.70. The number of fused-ring (bicyclic) bond motifs is 1. The van der Waals surface area contributed by atoms with Crippen molar-refractivity contribution >= 4 is 11.6 Å². The van der Waals surface area contributed by atoms with E-state index in [-0.39, 0.29) is 23.5 Å². The van der Waals surface area contributed by atoms with Gasteiger partial charge in [-0.15, -0.1) is 0 Å². The zero-order valence-electron chi connectivity index (χ0n) is 15.1. The molecule has 0 aromatic rings. The molecule has 2 bridgehead atoms. The maximum absolute atomic E-state index is 12.5. The van der Waals surface area contributed by atoms with E-state index >= 15 is 0 Å². The zero-order valence-corrected chi connectivity index (χ0v) is 15.1. The van der Waals surface area contributed by atoms with Crippen LogP contribution in [0.1, 0.15) is 32.1 Å². The number of ketones is 2. The van der Waals surface area contributed by atoms with Gasteiger partial charge in [-0.05, 0) is 37.0 Å². The van der Waals surface area contributed by atoms with Gasteiger partial charge in [0.2, 0.25) is 5.78 Å². The summed E-state index contributed by atoms with van der Waals surface area (Å²) >= 11 is 0. The molecule has 5 rings (SSSR count). The highest BCUT2D eigenvalue weighted by molar-refractivity contribution is 6.06. The van der Waals surface area contributed by atoms with E-state index in [1.807, 2.05) is 0 Å². The van der Waals surface area contributed by atoms with Gasteiger partial charge in [-0.3, -0.25) is 9.59 Å². The van der Waals surface area contributed by atoms with Gasteiger partial charge in [0.05, 0.1) is 20.1 Å². The molecule has 0 radical (unpaired) electrons. The van der Waals surface area contributed by atoms with Gasteiger partial charge in [0.1, 0.15) is 12.1 Å². The number of carbonyl (C=O) groups is 2. The number of carbonyl (C=O) groups excluding carboxylic acids is 2. The summed E-state index contributed by atoms with van der Waals surface area (Å²) in [6, 6.07) is 0.219. The third-order valence-corrected chi connectivity index (χ3v) is 7.69. The molecular weight excluding hydrogens is 330 g/mol. The second-order valence-electron chi connectivity index (χ2n) is 9.17. The SMILES string of the molecule is C[N+]1(CC2CC2)CC[C@@]23C4=C(O)C(=O)C=CC4=CC1C2CCC(=O)C3O. The number of rotatable bonds is 2. The Bertz CT molecular complexity index is 805. The Morgan fingerprint density at radius 1 is 1.23 bits per heavy atom. The first kappa shape index (κ1) is 16.5. The van der Waals surface area contributed by atoms with Crippen LogP contribution in [0.4, 0.5) is 0 Å². The number of hydrogen-bond acceptors (Lipinski definition) is 4. The largest absolute Gasteiger partial charge is 0.504 e. The second kappa shape index (κ2) is 5.17. The van der Waals surface area contributed by atoms with Crippen LogP contribution in [0.15, 0.2) is 35.1 Å². The summed E-state index contributed by atoms with van der Waals surface area (Å²) in [5, 5.41) is 21.6. The number of allylic oxidation sites excluding steroid dienone is 3. The first-order chi connectivity index (χ1) is 12.4. The maximum atomic E-state index is 12.5. The molecule has 2 saturated carbocycles. The third-order valence-electron chi connectivity index (χ3n) is 7.69. The summed E-state index contributed by atoms with van der Waals surface area (Å²) in [4.78, 5) is 24.6. The van der Waals surface area contributed by atoms with Crippen LogP contribution in [0.2, 0.25) is 0 Å². The van der Waals surface area contributed by atoms with Crippen LogP contribution < -0.4 is 0 Å². The lowest BCUT2D eigenvalue weighted by molar-refractivity contribution is -0.940. The van der Waals surface area contributed by atoms with Crippen LogP contribution in [0.25, 0.3) is 0 Å². The molecular formula is C21H26NO4+. The molecule has 0 aromatic heterocycles. The van der Waals surface area contributed by atoms with Gasteiger partial charge in [0.15, 0.2) is 11.5 Å². The van der Waals surface area contributed by atoms with Crippen molar-refractivity contribution in [3.63, 3.8) is 0 Å². The van der Waals surface area contributed by atoms with E-state index in [9.17, 15) is 19.8 Å². The highest BCUT2D eigenvalue weighted by Crippen LogP contribution is 2.61. The standard InChI is InChI=1S/C21H25NO4/c1-22(11-12-2-3-12)9-8-21-14(5-7-17(24)20(21)26)15(22)10-13-4-6-16(23)19(25)18(13)21/h4,6,10,12,14-15,20,26H,2-3,5,7-9,11H2,1H3/p+1/t14?,15?,20?,21-,22?/m0/s1. The van der Waals surface area contributed by atoms with Crippen molar-refractivity contribution in [2.75, 3.05) is 20.1 Å². The van der Waals surface area contributed by atoms with Crippen LogP contribution in [0, 0.1) is 17.3 Å². The molecule has 1 heterocycles. The van der Waals surface area contributed by atoms with Crippen LogP contribution in [-0.4, -0.2) is 58.5 Å². The molecule has 0 aromatic carbocycles. The van der Waals surface area contributed by atoms with E-state index in [0.29, 0.717) is 18.4 Å². The Labute approximate surface area is 153 Å². The first-order valence-corrected chi connectivity index (χ1v) is 9.80. The fraction of sp³-hybridized carbons (Fsp3) is 0.619. The van der Waals surface area contributed by atoms with Crippen molar-refractivity contribution in [2.45, 2.75) is 44.2 Å². The van der Waals surface area contributed by atoms with E-state index in [4.69, 9.17) is 0 Å². The fourth-order valence-corrected chi connectivity index (χ4v) is 6.25. The molecule has 2 N–H and O–H groups in total. The predicted molar refractivity (Wildman–Crippen MR) is 95.1 cm³/mol. The minimum Gasteiger partial charge on any atom is -0.504 e. The lowest BCUT2D eigenvalue weighted by atomic mass is 9.50. The number of piperidine rings is 1. The van der Waals surface area contributed by atoms with Crippen molar-refractivity contribution in [3.8, 4) is 0 Å². The smallest absolute Gasteiger partial charge is 0.220 e. The number of aliphatic hydroxyl groups is 2. The van der Waals surface area contributed by atoms with Crippen LogP contribution in [0.3, 0.4) is 0 Å². The predicted octanol–water partition coefficient (Wildman–Crippen LogP) is 1.83. The molecule has 4 unspecified atom stereocenters. The normalized spacial score (nSPS) is 44.5. The quantitative estimate of drug-likeness (QED) is 0.741. The molecule has 5 atom stereocenters. The van der Waals surface area contributed by atoms with E-state index in [1.165, 1.54) is 18.9 Å². The zero-order chi connectivity index (χ0) is 18.3. The van der Waals surface area contributed by atoms with Gasteiger partial charge < -0.3 is 14.7 Å². The van der Waals surface area contributed by atoms with E-state index < -0.39 is 17.3 Å². The van der Waals surface area contributed by atoms with Gasteiger partial charge in [-0.1, -0.05) is 6.08 Å². The molecule has 0 amide bonds. The number of likely N-dealkylation sites (N-methyl/N-ethyl adjacent to an activating group) is 1. The molecule has 138 valence electrons. The number of aliphatic hydroxyl groups excluding tert-OH is 2. The topological polar surface area (TPSA) is 74.6 Å². The van der Waals surface area contributed by atoms with E-state index in [0.717, 1.165) is 35.5 Å². The van der Waals surface area contributed by atoms with Crippen LogP contribution >= 0.6 is 0 Å². The van der Waals surface area contributed by atoms with Crippen molar-refractivity contribution < 1.29 is 24.3 Å². The summed E-state index contributed by atoms with van der Waals surface area (Å²) in [5.41, 5.74) is 0.553. The number of hydrogen-bond donors (Lipinski definition) is 2. The molecule has 5 aliphatic rings. The number of quaternary nitrogens is 1. The van der Waals surface area contributed by atoms with E-state index in [1.54, 1.807) is 6.08 Å². The third kappa shape index (κ3) is 1.99. The maximum Gasteiger partial charge on any atom is 0.220 e. The summed E-state index contributed by atoms with van der Waals surface area (Å²) in [6.07, 6.45) is 8.59. The number of likely N-dealkylation sites (tertiary alicyclic amines) is 1. The Morgan fingerprint density at radius 3 is 2.73 bits per heavy atom. The molecule has 26 heavy (non-hydrogen) atoms. The van der Waals surface area contributed by atoms with Crippen molar-refractivity contribution in [1.82, 2.24) is 0 Å². The monoisotopic (exact) mass is 356 g/mol. The summed E-state index contributed by atoms with van der Waals surface area (Å²) < 4.78 is 0.942. The van der Waals surface area contributed by atoms with Crippen LogP contribution in [0.5, 0.6) is 0 Å². The van der Waals surface area contributed by atoms with Gasteiger partial charge in [-0.2, -0.15) is 0 Å². The fourth-order valence-electron chi connectivity index (χ4n) is 6.25. The Kier molecular flexibility index (Phi) is 3.27. The van der Waals surface area contributed by atoms with Crippen molar-refractivity contribution in [1.29, 1.82) is 0 Å². The molecule has 0 spiro atoms. The molecule has 4 aliphatic carbocycles. The summed E-state index contributed by atoms with van der Waals surface area (Å²) in [7, 11) is 2.30. The number of Topliss-reactive ketones (excluding diaryl/α,β-unsaturated/α-hetero) is 1. The summed E-state index contributed by atoms with van der Waals surface area (Å²) in [6.45, 7) is 2.00. The van der Waals surface area contributed by atoms with Crippen molar-refractivity contribution in [3.05, 3.63) is 35.1 Å². The van der Waals surface area contributed by atoms with Crippen LogP contribution in [-0.2, 0) is 9.59 Å². The van der Waals surface area contributed by atoms with Gasteiger partial charge >= 0.3 is 0 Å². The van der Waals surface area contributed by atoms with E-state index in [2.05, 4.69) is 13.1 Å². The average Bonchev–Trinajstić information content (AvgIpc) is 3.42. The van der Waals surface area contributed by atoms with Gasteiger partial charge in [-0.25, -0.2) is 0 Å². The molecule has 1 aliphatic heterocycles. The molecule has 1 saturated heterocycles. The minimum atomic E-state index is -1.13. The first-order valence-electron chi connectivity index (χ1n) is 9.80. The molecule has 5 heteroatoms. The van der Waals surface area contributed by atoms with Crippen molar-refractivity contribution in [2.24, 2.45) is 17.3 Å². The Hall–Kier alpha value is -1.72. The highest BCUT2D eigenvalue weighted by atomic mass is 16.3. The lowest BCUT2D eigenvalue weighted by Gasteiger charge is -2.61. The molecule has 3 fully saturated rings. The second-order valence-corrected chi connectivity index (χ2v) is 9.17. The summed E-state index contributed by atoms with van der Waals surface area (Å²) in [5.74, 6) is 0.0358.